The Morgan fingerprint density at radius 2 is 2.10 bits per heavy atom. The molecule has 6 nitrogen and oxygen atoms in total. The van der Waals surface area contributed by atoms with Gasteiger partial charge in [0.05, 0.1) is 17.1 Å². The van der Waals surface area contributed by atoms with Crippen molar-refractivity contribution in [3.05, 3.63) is 39.7 Å². The van der Waals surface area contributed by atoms with Crippen LogP contribution in [0.15, 0.2) is 18.2 Å². The maximum absolute atomic E-state index is 13.4. The number of benzene rings is 1. The van der Waals surface area contributed by atoms with Crippen LogP contribution in [0.5, 0.6) is 0 Å². The Kier molecular flexibility index (Phi) is 3.36. The molecule has 7 heteroatoms. The van der Waals surface area contributed by atoms with Gasteiger partial charge in [-0.05, 0) is 24.8 Å². The number of aliphatic hydroxyl groups is 1. The van der Waals surface area contributed by atoms with E-state index >= 15 is 0 Å². The Bertz CT molecular complexity index is 607. The van der Waals surface area contributed by atoms with E-state index < -0.39 is 28.4 Å². The summed E-state index contributed by atoms with van der Waals surface area (Å²) in [5, 5.41) is 20.6. The number of aliphatic hydroxyl groups excluding tert-OH is 1. The number of likely N-dealkylation sites (tertiary alicyclic amines) is 1. The number of carbonyl (C=O) groups is 1. The van der Waals surface area contributed by atoms with Crippen LogP contribution >= 0.6 is 0 Å². The summed E-state index contributed by atoms with van der Waals surface area (Å²) in [5.74, 6) is -0.879. The summed E-state index contributed by atoms with van der Waals surface area (Å²) in [6.45, 7) is 0.944. The lowest BCUT2D eigenvalue weighted by Gasteiger charge is -2.18. The van der Waals surface area contributed by atoms with Crippen LogP contribution in [0.3, 0.4) is 0 Å². The number of nitro benzene ring substituents is 1. The summed E-state index contributed by atoms with van der Waals surface area (Å²) >= 11 is 0. The Morgan fingerprint density at radius 3 is 2.76 bits per heavy atom. The molecule has 1 aliphatic heterocycles. The van der Waals surface area contributed by atoms with Gasteiger partial charge in [0.15, 0.2) is 0 Å². The minimum Gasteiger partial charge on any atom is -0.393 e. The van der Waals surface area contributed by atoms with Crippen molar-refractivity contribution in [3.63, 3.8) is 0 Å². The highest BCUT2D eigenvalue weighted by atomic mass is 19.1. The smallest absolute Gasteiger partial charge is 0.273 e. The molecule has 1 saturated carbocycles. The number of nitrogens with zero attached hydrogens (tertiary/aromatic N) is 2. The van der Waals surface area contributed by atoms with E-state index in [0.717, 1.165) is 31.0 Å². The summed E-state index contributed by atoms with van der Waals surface area (Å²) in [4.78, 5) is 23.9. The SMILES string of the molecule is O=C(c1cc(F)cc([N+](=O)[O-])c1)N1CC2CCC(O)C2C1. The van der Waals surface area contributed by atoms with E-state index in [9.17, 15) is 24.4 Å². The second-order valence-corrected chi connectivity index (χ2v) is 5.73. The Balaban J connectivity index is 1.82. The van der Waals surface area contributed by atoms with Crippen LogP contribution in [0.4, 0.5) is 10.1 Å². The summed E-state index contributed by atoms with van der Waals surface area (Å²) in [6.07, 6.45) is 1.23. The summed E-state index contributed by atoms with van der Waals surface area (Å²) in [6, 6.07) is 2.90. The number of non-ortho nitro benzene ring substituents is 1. The molecule has 0 radical (unpaired) electrons. The third-order valence-corrected chi connectivity index (χ3v) is 4.45. The second kappa shape index (κ2) is 5.07. The van der Waals surface area contributed by atoms with Crippen molar-refractivity contribution < 1.29 is 19.2 Å². The van der Waals surface area contributed by atoms with Gasteiger partial charge in [-0.1, -0.05) is 0 Å². The topological polar surface area (TPSA) is 83.7 Å². The molecule has 3 atom stereocenters. The first kappa shape index (κ1) is 13.9. The van der Waals surface area contributed by atoms with Gasteiger partial charge in [0.1, 0.15) is 5.82 Å². The van der Waals surface area contributed by atoms with Crippen molar-refractivity contribution in [1.29, 1.82) is 0 Å². The quantitative estimate of drug-likeness (QED) is 0.663. The van der Waals surface area contributed by atoms with Gasteiger partial charge in [-0.25, -0.2) is 4.39 Å². The lowest BCUT2D eigenvalue weighted by molar-refractivity contribution is -0.385. The maximum atomic E-state index is 13.4. The molecule has 1 aliphatic carbocycles. The molecule has 1 aromatic rings. The largest absolute Gasteiger partial charge is 0.393 e. The van der Waals surface area contributed by atoms with Gasteiger partial charge in [0, 0.05) is 30.6 Å². The van der Waals surface area contributed by atoms with E-state index in [-0.39, 0.29) is 17.4 Å². The van der Waals surface area contributed by atoms with Crippen molar-refractivity contribution in [3.8, 4) is 0 Å². The van der Waals surface area contributed by atoms with Gasteiger partial charge in [-0.3, -0.25) is 14.9 Å². The summed E-state index contributed by atoms with van der Waals surface area (Å²) < 4.78 is 13.4. The molecule has 0 aromatic heterocycles. The van der Waals surface area contributed by atoms with E-state index in [1.165, 1.54) is 0 Å². The van der Waals surface area contributed by atoms with Crippen LogP contribution in [-0.2, 0) is 0 Å². The first-order chi connectivity index (χ1) is 9.95. The molecule has 112 valence electrons. The van der Waals surface area contributed by atoms with E-state index in [0.29, 0.717) is 13.1 Å². The number of amides is 1. The Labute approximate surface area is 120 Å². The van der Waals surface area contributed by atoms with Crippen molar-refractivity contribution in [2.75, 3.05) is 13.1 Å². The molecule has 2 aliphatic rings. The van der Waals surface area contributed by atoms with Crippen LogP contribution < -0.4 is 0 Å². The van der Waals surface area contributed by atoms with Gasteiger partial charge in [0.25, 0.3) is 11.6 Å². The lowest BCUT2D eigenvalue weighted by Crippen LogP contribution is -2.31. The molecule has 1 saturated heterocycles. The normalized spacial score (nSPS) is 27.7. The second-order valence-electron chi connectivity index (χ2n) is 5.73. The number of nitro groups is 1. The number of carbonyl (C=O) groups excluding carboxylic acids is 1. The van der Waals surface area contributed by atoms with Gasteiger partial charge in [-0.15, -0.1) is 0 Å². The Hall–Kier alpha value is -2.02. The van der Waals surface area contributed by atoms with E-state index in [1.807, 2.05) is 0 Å². The Morgan fingerprint density at radius 1 is 1.33 bits per heavy atom. The van der Waals surface area contributed by atoms with Crippen molar-refractivity contribution in [1.82, 2.24) is 4.90 Å². The van der Waals surface area contributed by atoms with Gasteiger partial charge in [0.2, 0.25) is 0 Å². The molecular weight excluding hydrogens is 279 g/mol. The molecular formula is C14H15FN2O4. The van der Waals surface area contributed by atoms with Crippen molar-refractivity contribution in [2.24, 2.45) is 11.8 Å². The van der Waals surface area contributed by atoms with Crippen LogP contribution in [0.1, 0.15) is 23.2 Å². The molecule has 3 unspecified atom stereocenters. The van der Waals surface area contributed by atoms with E-state index in [1.54, 1.807) is 4.90 Å². The predicted molar refractivity (Wildman–Crippen MR) is 71.2 cm³/mol. The molecule has 1 aromatic carbocycles. The molecule has 0 spiro atoms. The van der Waals surface area contributed by atoms with Gasteiger partial charge in [-0.2, -0.15) is 0 Å². The van der Waals surface area contributed by atoms with Crippen LogP contribution in [0, 0.1) is 27.8 Å². The molecule has 2 fully saturated rings. The zero-order valence-corrected chi connectivity index (χ0v) is 11.2. The van der Waals surface area contributed by atoms with Gasteiger partial charge < -0.3 is 10.0 Å². The molecule has 3 rings (SSSR count). The highest BCUT2D eigenvalue weighted by Gasteiger charge is 2.43. The number of hydrogen-bond acceptors (Lipinski definition) is 4. The third kappa shape index (κ3) is 2.49. The molecule has 1 heterocycles. The molecule has 0 bridgehead atoms. The number of fused-ring (bicyclic) bond motifs is 1. The fourth-order valence-electron chi connectivity index (χ4n) is 3.39. The van der Waals surface area contributed by atoms with Crippen molar-refractivity contribution >= 4 is 11.6 Å². The minimum absolute atomic E-state index is 0.0174. The monoisotopic (exact) mass is 294 g/mol. The summed E-state index contributed by atoms with van der Waals surface area (Å²) in [7, 11) is 0. The van der Waals surface area contributed by atoms with Crippen LogP contribution in [0.25, 0.3) is 0 Å². The highest BCUT2D eigenvalue weighted by Crippen LogP contribution is 2.38. The van der Waals surface area contributed by atoms with E-state index in [4.69, 9.17) is 0 Å². The maximum Gasteiger partial charge on any atom is 0.273 e. The standard InChI is InChI=1S/C14H15FN2O4/c15-10-3-9(4-11(5-10)17(20)21)14(19)16-6-8-1-2-13(18)12(8)7-16/h3-5,8,12-13,18H,1-2,6-7H2. The van der Waals surface area contributed by atoms with Crippen molar-refractivity contribution in [2.45, 2.75) is 18.9 Å². The number of hydrogen-bond donors (Lipinski definition) is 1. The lowest BCUT2D eigenvalue weighted by atomic mass is 10.00. The third-order valence-electron chi connectivity index (χ3n) is 4.45. The average Bonchev–Trinajstić information content (AvgIpc) is 3.00. The van der Waals surface area contributed by atoms with Crippen LogP contribution in [-0.4, -0.2) is 40.0 Å². The van der Waals surface area contributed by atoms with Crippen LogP contribution in [0.2, 0.25) is 0 Å². The highest BCUT2D eigenvalue weighted by molar-refractivity contribution is 5.95. The molecule has 1 amide bonds. The molecule has 21 heavy (non-hydrogen) atoms. The first-order valence-electron chi connectivity index (χ1n) is 6.88. The summed E-state index contributed by atoms with van der Waals surface area (Å²) in [5.41, 5.74) is -0.450. The molecule has 1 N–H and O–H groups in total. The minimum atomic E-state index is -0.799. The fourth-order valence-corrected chi connectivity index (χ4v) is 3.39. The number of rotatable bonds is 2. The average molecular weight is 294 g/mol. The predicted octanol–water partition coefficient (Wildman–Crippen LogP) is 1.58. The number of halogens is 1. The van der Waals surface area contributed by atoms with E-state index in [2.05, 4.69) is 0 Å². The zero-order valence-electron chi connectivity index (χ0n) is 11.2. The zero-order chi connectivity index (χ0) is 15.1. The first-order valence-corrected chi connectivity index (χ1v) is 6.88. The fraction of sp³-hybridized carbons (Fsp3) is 0.500. The van der Waals surface area contributed by atoms with Gasteiger partial charge >= 0.3 is 0 Å².